The smallest absolute Gasteiger partial charge is 0.310 e. The van der Waals surface area contributed by atoms with Crippen molar-refractivity contribution < 1.29 is 14.3 Å². The summed E-state index contributed by atoms with van der Waals surface area (Å²) in [6.07, 6.45) is 0.0191. The van der Waals surface area contributed by atoms with Crippen LogP contribution in [0.1, 0.15) is 12.5 Å². The molecule has 0 aliphatic heterocycles. The van der Waals surface area contributed by atoms with Crippen LogP contribution in [-0.2, 0) is 20.7 Å². The summed E-state index contributed by atoms with van der Waals surface area (Å²) in [6, 6.07) is 8.38. The molecule has 20 heavy (non-hydrogen) atoms. The van der Waals surface area contributed by atoms with Crippen molar-refractivity contribution in [3.8, 4) is 6.07 Å². The summed E-state index contributed by atoms with van der Waals surface area (Å²) < 4.78 is 4.80. The average Bonchev–Trinajstić information content (AvgIpc) is 2.39. The first kappa shape index (κ1) is 15.9. The molecule has 1 rings (SSSR count). The molecule has 0 aliphatic carbocycles. The van der Waals surface area contributed by atoms with Crippen LogP contribution >= 0.6 is 11.6 Å². The fourth-order valence-electron chi connectivity index (χ4n) is 1.47. The van der Waals surface area contributed by atoms with E-state index in [0.717, 1.165) is 0 Å². The van der Waals surface area contributed by atoms with Gasteiger partial charge in [0.25, 0.3) is 0 Å². The average molecular weight is 293 g/mol. The zero-order chi connectivity index (χ0) is 15.1. The molecule has 0 amide bonds. The van der Waals surface area contributed by atoms with Gasteiger partial charge in [0, 0.05) is 10.7 Å². The number of rotatable bonds is 6. The third kappa shape index (κ3) is 4.82. The summed E-state index contributed by atoms with van der Waals surface area (Å²) in [5, 5.41) is 16.6. The summed E-state index contributed by atoms with van der Waals surface area (Å²) in [4.78, 5) is 23.1. The van der Waals surface area contributed by atoms with Crippen LogP contribution in [0.15, 0.2) is 24.3 Å². The second kappa shape index (κ2) is 7.41. The van der Waals surface area contributed by atoms with E-state index in [1.165, 1.54) is 6.92 Å². The van der Waals surface area contributed by atoms with Gasteiger partial charge in [-0.25, -0.2) is 0 Å². The highest BCUT2D eigenvalue weighted by molar-refractivity contribution is 6.30. The molecule has 0 radical (unpaired) electrons. The van der Waals surface area contributed by atoms with Gasteiger partial charge >= 0.3 is 5.97 Å². The Morgan fingerprint density at radius 2 is 2.00 bits per heavy atom. The van der Waals surface area contributed by atoms with E-state index >= 15 is 0 Å². The van der Waals surface area contributed by atoms with Gasteiger partial charge < -0.3 is 10.1 Å². The van der Waals surface area contributed by atoms with Crippen molar-refractivity contribution in [2.45, 2.75) is 13.3 Å². The van der Waals surface area contributed by atoms with Gasteiger partial charge in [-0.1, -0.05) is 23.7 Å². The molecule has 104 valence electrons. The monoisotopic (exact) mass is 292 g/mol. The Hall–Kier alpha value is -2.19. The van der Waals surface area contributed by atoms with E-state index in [9.17, 15) is 9.59 Å². The number of carbonyl (C=O) groups excluding carboxylic acids is 2. The maximum atomic E-state index is 11.6. The maximum absolute atomic E-state index is 11.6. The third-order valence-corrected chi connectivity index (χ3v) is 2.77. The van der Waals surface area contributed by atoms with E-state index < -0.39 is 24.3 Å². The Morgan fingerprint density at radius 3 is 2.50 bits per heavy atom. The maximum Gasteiger partial charge on any atom is 0.310 e. The van der Waals surface area contributed by atoms with E-state index in [1.54, 1.807) is 30.3 Å². The molecule has 0 saturated heterocycles. The van der Waals surface area contributed by atoms with Crippen molar-refractivity contribution in [1.29, 1.82) is 10.7 Å². The van der Waals surface area contributed by atoms with E-state index in [4.69, 9.17) is 27.0 Å². The number of ketones is 1. The molecule has 0 aromatic heterocycles. The van der Waals surface area contributed by atoms with Crippen molar-refractivity contribution in [2.75, 3.05) is 6.61 Å². The molecule has 5 nitrogen and oxygen atoms in total. The number of esters is 1. The fraction of sp³-hybridized carbons (Fsp3) is 0.286. The molecule has 0 bridgehead atoms. The van der Waals surface area contributed by atoms with Gasteiger partial charge in [0.15, 0.2) is 12.4 Å². The van der Waals surface area contributed by atoms with Crippen LogP contribution in [0.25, 0.3) is 0 Å². The summed E-state index contributed by atoms with van der Waals surface area (Å²) in [7, 11) is 0. The second-order valence-electron chi connectivity index (χ2n) is 4.18. The van der Waals surface area contributed by atoms with Gasteiger partial charge in [0.05, 0.1) is 12.5 Å². The molecule has 6 heteroatoms. The molecule has 1 atom stereocenters. The highest BCUT2D eigenvalue weighted by Crippen LogP contribution is 2.10. The van der Waals surface area contributed by atoms with Crippen LogP contribution in [0.4, 0.5) is 0 Å². The minimum Gasteiger partial charge on any atom is -0.457 e. The first-order chi connectivity index (χ1) is 9.43. The van der Waals surface area contributed by atoms with Gasteiger partial charge in [-0.15, -0.1) is 0 Å². The van der Waals surface area contributed by atoms with Crippen LogP contribution in [0.3, 0.4) is 0 Å². The number of hydrogen-bond acceptors (Lipinski definition) is 5. The molecule has 1 N–H and O–H groups in total. The van der Waals surface area contributed by atoms with Crippen LogP contribution in [-0.4, -0.2) is 24.1 Å². The Bertz CT molecular complexity index is 561. The highest BCUT2D eigenvalue weighted by atomic mass is 35.5. The van der Waals surface area contributed by atoms with Gasteiger partial charge in [-0.05, 0) is 24.6 Å². The zero-order valence-corrected chi connectivity index (χ0v) is 11.6. The molecule has 0 heterocycles. The number of Topliss-reactive ketones (excluding diaryl/α,β-unsaturated/α-hetero) is 1. The fourth-order valence-corrected chi connectivity index (χ4v) is 1.59. The van der Waals surface area contributed by atoms with Crippen molar-refractivity contribution >= 4 is 29.1 Å². The topological polar surface area (TPSA) is 91.0 Å². The largest absolute Gasteiger partial charge is 0.457 e. The van der Waals surface area contributed by atoms with Crippen LogP contribution < -0.4 is 0 Å². The first-order valence-corrected chi connectivity index (χ1v) is 6.19. The molecule has 1 aromatic rings. The lowest BCUT2D eigenvalue weighted by atomic mass is 10.0. The SMILES string of the molecule is CC(=N)C(C#N)C(=O)COC(=O)Cc1ccc(Cl)cc1. The van der Waals surface area contributed by atoms with Gasteiger partial charge in [0.1, 0.15) is 5.92 Å². The predicted molar refractivity (Wildman–Crippen MR) is 73.6 cm³/mol. The lowest BCUT2D eigenvalue weighted by Crippen LogP contribution is -2.25. The van der Waals surface area contributed by atoms with Crippen LogP contribution in [0.2, 0.25) is 5.02 Å². The van der Waals surface area contributed by atoms with E-state index in [2.05, 4.69) is 0 Å². The number of nitrogens with zero attached hydrogens (tertiary/aromatic N) is 1. The van der Waals surface area contributed by atoms with E-state index in [0.29, 0.717) is 10.6 Å². The van der Waals surface area contributed by atoms with Crippen molar-refractivity contribution in [1.82, 2.24) is 0 Å². The molecule has 0 aliphatic rings. The molecule has 0 spiro atoms. The third-order valence-electron chi connectivity index (χ3n) is 2.52. The zero-order valence-electron chi connectivity index (χ0n) is 10.9. The quantitative estimate of drug-likeness (QED) is 0.642. The normalized spacial score (nSPS) is 11.2. The number of nitrogens with one attached hydrogen (secondary N) is 1. The van der Waals surface area contributed by atoms with Gasteiger partial charge in [0.2, 0.25) is 0 Å². The number of ether oxygens (including phenoxy) is 1. The van der Waals surface area contributed by atoms with Gasteiger partial charge in [-0.2, -0.15) is 5.26 Å². The molecule has 0 saturated carbocycles. The number of halogens is 1. The standard InChI is InChI=1S/C14H13ClN2O3/c1-9(17)12(7-16)13(18)8-20-14(19)6-10-2-4-11(15)5-3-10/h2-5,12,17H,6,8H2,1H3. The number of nitriles is 1. The van der Waals surface area contributed by atoms with Crippen LogP contribution in [0.5, 0.6) is 0 Å². The first-order valence-electron chi connectivity index (χ1n) is 5.81. The van der Waals surface area contributed by atoms with E-state index in [-0.39, 0.29) is 12.1 Å². The number of hydrogen-bond donors (Lipinski definition) is 1. The summed E-state index contributed by atoms with van der Waals surface area (Å²) >= 11 is 5.72. The lowest BCUT2D eigenvalue weighted by molar-refractivity contribution is -0.147. The second-order valence-corrected chi connectivity index (χ2v) is 4.61. The molecule has 0 fully saturated rings. The minimum atomic E-state index is -1.15. The number of benzene rings is 1. The number of carbonyl (C=O) groups is 2. The summed E-state index contributed by atoms with van der Waals surface area (Å²) in [5.41, 5.74) is 0.651. The Balaban J connectivity index is 2.48. The Labute approximate surface area is 121 Å². The molecular weight excluding hydrogens is 280 g/mol. The predicted octanol–water partition coefficient (Wildman–Crippen LogP) is 2.17. The van der Waals surface area contributed by atoms with Crippen molar-refractivity contribution in [2.24, 2.45) is 5.92 Å². The van der Waals surface area contributed by atoms with E-state index in [1.807, 2.05) is 0 Å². The minimum absolute atomic E-state index is 0.0191. The molecule has 1 aromatic carbocycles. The molecule has 1 unspecified atom stereocenters. The Kier molecular flexibility index (Phi) is 5.88. The lowest BCUT2D eigenvalue weighted by Gasteiger charge is -2.07. The summed E-state index contributed by atoms with van der Waals surface area (Å²) in [6.45, 7) is 0.863. The summed E-state index contributed by atoms with van der Waals surface area (Å²) in [5.74, 6) is -2.32. The van der Waals surface area contributed by atoms with Crippen molar-refractivity contribution in [3.05, 3.63) is 34.9 Å². The van der Waals surface area contributed by atoms with Crippen LogP contribution in [0, 0.1) is 22.7 Å². The van der Waals surface area contributed by atoms with Gasteiger partial charge in [-0.3, -0.25) is 9.59 Å². The highest BCUT2D eigenvalue weighted by Gasteiger charge is 2.21. The van der Waals surface area contributed by atoms with Crippen molar-refractivity contribution in [3.63, 3.8) is 0 Å². The Morgan fingerprint density at radius 1 is 1.40 bits per heavy atom. The molecular formula is C14H13ClN2O3.